The molecule has 112 valence electrons. The van der Waals surface area contributed by atoms with Gasteiger partial charge in [-0.3, -0.25) is 5.10 Å². The largest absolute Gasteiger partial charge is 0.380 e. The molecule has 1 aromatic heterocycles. The number of aryl methyl sites for hydroxylation is 2. The van der Waals surface area contributed by atoms with Gasteiger partial charge in [-0.05, 0) is 36.6 Å². The summed E-state index contributed by atoms with van der Waals surface area (Å²) in [6, 6.07) is 14.3. The van der Waals surface area contributed by atoms with E-state index in [9.17, 15) is 0 Å². The predicted octanol–water partition coefficient (Wildman–Crippen LogP) is 3.90. The van der Waals surface area contributed by atoms with Gasteiger partial charge in [0.15, 0.2) is 11.6 Å². The van der Waals surface area contributed by atoms with E-state index in [1.165, 1.54) is 11.1 Å². The number of H-pyrrole nitrogens is 1. The molecule has 0 saturated heterocycles. The molecule has 0 unspecified atom stereocenters. The Labute approximate surface area is 130 Å². The molecule has 0 atom stereocenters. The number of nitrogens with zero attached hydrogens (tertiary/aromatic N) is 2. The summed E-state index contributed by atoms with van der Waals surface area (Å²) in [4.78, 5) is 4.64. The van der Waals surface area contributed by atoms with E-state index in [2.05, 4.69) is 47.2 Å². The Balaban J connectivity index is 1.99. The van der Waals surface area contributed by atoms with Crippen LogP contribution in [0.15, 0.2) is 42.5 Å². The third kappa shape index (κ3) is 2.78. The molecule has 0 aliphatic rings. The van der Waals surface area contributed by atoms with Gasteiger partial charge in [-0.2, -0.15) is 5.10 Å². The molecule has 1 N–H and O–H groups in total. The van der Waals surface area contributed by atoms with Gasteiger partial charge in [-0.25, -0.2) is 4.98 Å². The van der Waals surface area contributed by atoms with Crippen molar-refractivity contribution in [3.05, 3.63) is 59.2 Å². The second-order valence-electron chi connectivity index (χ2n) is 5.40. The van der Waals surface area contributed by atoms with Gasteiger partial charge in [0.2, 0.25) is 0 Å². The highest BCUT2D eigenvalue weighted by molar-refractivity contribution is 5.64. The molecule has 1 heterocycles. The van der Waals surface area contributed by atoms with E-state index in [-0.39, 0.29) is 0 Å². The minimum absolute atomic E-state index is 0.551. The number of rotatable bonds is 4. The van der Waals surface area contributed by atoms with E-state index in [1.54, 1.807) is 7.11 Å². The van der Waals surface area contributed by atoms with Crippen molar-refractivity contribution in [1.29, 1.82) is 0 Å². The number of hydrogen-bond donors (Lipinski definition) is 1. The maximum Gasteiger partial charge on any atom is 0.181 e. The van der Waals surface area contributed by atoms with Gasteiger partial charge >= 0.3 is 0 Å². The van der Waals surface area contributed by atoms with Crippen LogP contribution >= 0.6 is 0 Å². The predicted molar refractivity (Wildman–Crippen MR) is 87.4 cm³/mol. The molecule has 4 heteroatoms. The van der Waals surface area contributed by atoms with E-state index in [1.807, 2.05) is 24.3 Å². The zero-order valence-corrected chi connectivity index (χ0v) is 13.1. The Morgan fingerprint density at radius 2 is 1.86 bits per heavy atom. The molecule has 0 bridgehead atoms. The second kappa shape index (κ2) is 6.12. The summed E-state index contributed by atoms with van der Waals surface area (Å²) in [5, 5.41) is 7.39. The van der Waals surface area contributed by atoms with Gasteiger partial charge in [-0.15, -0.1) is 0 Å². The number of methoxy groups -OCH3 is 1. The molecule has 0 radical (unpaired) electrons. The molecule has 0 aliphatic carbocycles. The number of aromatic amines is 1. The summed E-state index contributed by atoms with van der Waals surface area (Å²) in [6.07, 6.45) is 0. The van der Waals surface area contributed by atoms with Crippen LogP contribution in [0.2, 0.25) is 0 Å². The lowest BCUT2D eigenvalue weighted by atomic mass is 10.1. The van der Waals surface area contributed by atoms with E-state index >= 15 is 0 Å². The topological polar surface area (TPSA) is 50.8 Å². The minimum Gasteiger partial charge on any atom is -0.380 e. The monoisotopic (exact) mass is 293 g/mol. The van der Waals surface area contributed by atoms with Gasteiger partial charge in [-0.1, -0.05) is 36.4 Å². The third-order valence-electron chi connectivity index (χ3n) is 3.82. The molecule has 0 amide bonds. The molecule has 4 nitrogen and oxygen atoms in total. The number of nitrogens with one attached hydrogen (secondary N) is 1. The van der Waals surface area contributed by atoms with Gasteiger partial charge in [0.1, 0.15) is 0 Å². The smallest absolute Gasteiger partial charge is 0.181 e. The summed E-state index contributed by atoms with van der Waals surface area (Å²) in [5.74, 6) is 1.48. The number of benzene rings is 2. The normalized spacial score (nSPS) is 10.9. The van der Waals surface area contributed by atoms with Crippen LogP contribution in [-0.4, -0.2) is 22.3 Å². The average Bonchev–Trinajstić information content (AvgIpc) is 3.01. The van der Waals surface area contributed by atoms with Crippen LogP contribution in [-0.2, 0) is 11.3 Å². The fraction of sp³-hybridized carbons (Fsp3) is 0.222. The SMILES string of the molecule is COCc1ccccc1-c1nc(-c2ccc(C)c(C)c2)n[nH]1. The summed E-state index contributed by atoms with van der Waals surface area (Å²) in [5.41, 5.74) is 5.64. The Morgan fingerprint density at radius 1 is 1.05 bits per heavy atom. The lowest BCUT2D eigenvalue weighted by Crippen LogP contribution is -1.93. The molecule has 0 aliphatic heterocycles. The van der Waals surface area contributed by atoms with Gasteiger partial charge < -0.3 is 4.74 Å². The first-order chi connectivity index (χ1) is 10.7. The first-order valence-electron chi connectivity index (χ1n) is 7.26. The maximum atomic E-state index is 5.25. The molecular formula is C18H19N3O. The molecular weight excluding hydrogens is 274 g/mol. The van der Waals surface area contributed by atoms with Gasteiger partial charge in [0.25, 0.3) is 0 Å². The highest BCUT2D eigenvalue weighted by atomic mass is 16.5. The second-order valence-corrected chi connectivity index (χ2v) is 5.40. The van der Waals surface area contributed by atoms with Crippen LogP contribution in [0, 0.1) is 13.8 Å². The Hall–Kier alpha value is -2.46. The standard InChI is InChI=1S/C18H19N3O/c1-12-8-9-14(10-13(12)2)17-19-18(21-20-17)16-7-5-4-6-15(16)11-22-3/h4-10H,11H2,1-3H3,(H,19,20,21). The van der Waals surface area contributed by atoms with Crippen LogP contribution in [0.4, 0.5) is 0 Å². The maximum absolute atomic E-state index is 5.25. The Bertz CT molecular complexity index is 793. The molecule has 3 aromatic rings. The number of ether oxygens (including phenoxy) is 1. The summed E-state index contributed by atoms with van der Waals surface area (Å²) in [6.45, 7) is 4.75. The molecule has 0 saturated carbocycles. The van der Waals surface area contributed by atoms with Crippen LogP contribution in [0.5, 0.6) is 0 Å². The quantitative estimate of drug-likeness (QED) is 0.793. The van der Waals surface area contributed by atoms with Crippen molar-refractivity contribution in [2.45, 2.75) is 20.5 Å². The van der Waals surface area contributed by atoms with Gasteiger partial charge in [0, 0.05) is 18.2 Å². The van der Waals surface area contributed by atoms with Crippen molar-refractivity contribution in [3.63, 3.8) is 0 Å². The lowest BCUT2D eigenvalue weighted by Gasteiger charge is -2.05. The Kier molecular flexibility index (Phi) is 4.02. The lowest BCUT2D eigenvalue weighted by molar-refractivity contribution is 0.185. The summed E-state index contributed by atoms with van der Waals surface area (Å²) < 4.78 is 5.25. The highest BCUT2D eigenvalue weighted by Crippen LogP contribution is 2.24. The minimum atomic E-state index is 0.551. The van der Waals surface area contributed by atoms with Crippen molar-refractivity contribution in [2.75, 3.05) is 7.11 Å². The first-order valence-corrected chi connectivity index (χ1v) is 7.26. The van der Waals surface area contributed by atoms with E-state index in [0.717, 1.165) is 22.5 Å². The van der Waals surface area contributed by atoms with Crippen LogP contribution < -0.4 is 0 Å². The van der Waals surface area contributed by atoms with Gasteiger partial charge in [0.05, 0.1) is 6.61 Å². The fourth-order valence-corrected chi connectivity index (χ4v) is 2.42. The van der Waals surface area contributed by atoms with Crippen molar-refractivity contribution in [1.82, 2.24) is 15.2 Å². The molecule has 3 rings (SSSR count). The van der Waals surface area contributed by atoms with E-state index < -0.39 is 0 Å². The van der Waals surface area contributed by atoms with Crippen molar-refractivity contribution < 1.29 is 4.74 Å². The van der Waals surface area contributed by atoms with E-state index in [4.69, 9.17) is 4.74 Å². The third-order valence-corrected chi connectivity index (χ3v) is 3.82. The van der Waals surface area contributed by atoms with Crippen LogP contribution in [0.3, 0.4) is 0 Å². The zero-order chi connectivity index (χ0) is 15.5. The Morgan fingerprint density at radius 3 is 2.64 bits per heavy atom. The van der Waals surface area contributed by atoms with Crippen LogP contribution in [0.25, 0.3) is 22.8 Å². The van der Waals surface area contributed by atoms with Crippen molar-refractivity contribution >= 4 is 0 Å². The molecule has 0 spiro atoms. The summed E-state index contributed by atoms with van der Waals surface area (Å²) in [7, 11) is 1.69. The van der Waals surface area contributed by atoms with Crippen molar-refractivity contribution in [2.24, 2.45) is 0 Å². The fourth-order valence-electron chi connectivity index (χ4n) is 2.42. The number of aromatic nitrogens is 3. The first kappa shape index (κ1) is 14.5. The molecule has 0 fully saturated rings. The molecule has 2 aromatic carbocycles. The molecule has 22 heavy (non-hydrogen) atoms. The van der Waals surface area contributed by atoms with Crippen LogP contribution in [0.1, 0.15) is 16.7 Å². The summed E-state index contributed by atoms with van der Waals surface area (Å²) >= 11 is 0. The zero-order valence-electron chi connectivity index (χ0n) is 13.1. The van der Waals surface area contributed by atoms with Crippen molar-refractivity contribution in [3.8, 4) is 22.8 Å². The highest BCUT2D eigenvalue weighted by Gasteiger charge is 2.11. The number of hydrogen-bond acceptors (Lipinski definition) is 3. The average molecular weight is 293 g/mol. The van der Waals surface area contributed by atoms with E-state index in [0.29, 0.717) is 12.4 Å².